The van der Waals surface area contributed by atoms with E-state index in [1.54, 1.807) is 18.4 Å². The number of nitrogens with zero attached hydrogens (tertiary/aromatic N) is 4. The van der Waals surface area contributed by atoms with Gasteiger partial charge in [-0.05, 0) is 26.8 Å². The zero-order valence-electron chi connectivity index (χ0n) is 15.6. The lowest BCUT2D eigenvalue weighted by atomic mass is 10.1. The zero-order chi connectivity index (χ0) is 19.9. The normalized spacial score (nSPS) is 12.1. The Morgan fingerprint density at radius 2 is 2.07 bits per heavy atom. The second-order valence-corrected chi connectivity index (χ2v) is 9.07. The molecule has 10 heteroatoms. The molecule has 146 valence electrons. The highest BCUT2D eigenvalue weighted by atomic mass is 32.2. The highest BCUT2D eigenvalue weighted by molar-refractivity contribution is 7.89. The third-order valence-electron chi connectivity index (χ3n) is 4.34. The maximum atomic E-state index is 12.5. The van der Waals surface area contributed by atoms with E-state index >= 15 is 0 Å². The first-order chi connectivity index (χ1) is 13.3. The quantitative estimate of drug-likeness (QED) is 0.517. The van der Waals surface area contributed by atoms with E-state index in [2.05, 4.69) is 20.0 Å². The minimum atomic E-state index is -3.68. The molecule has 0 aliphatic rings. The lowest BCUT2D eigenvalue weighted by Gasteiger charge is -2.05. The van der Waals surface area contributed by atoms with E-state index in [1.807, 2.05) is 36.6 Å². The van der Waals surface area contributed by atoms with Gasteiger partial charge < -0.3 is 4.52 Å². The van der Waals surface area contributed by atoms with Gasteiger partial charge in [-0.15, -0.1) is 16.4 Å². The number of aryl methyl sites for hydroxylation is 3. The molecule has 0 amide bonds. The van der Waals surface area contributed by atoms with Crippen molar-refractivity contribution < 1.29 is 12.9 Å². The maximum Gasteiger partial charge on any atom is 0.245 e. The van der Waals surface area contributed by atoms with E-state index < -0.39 is 10.0 Å². The van der Waals surface area contributed by atoms with Crippen LogP contribution in [0, 0.1) is 20.8 Å². The highest BCUT2D eigenvalue weighted by Gasteiger charge is 2.23. The molecule has 0 aliphatic heterocycles. The van der Waals surface area contributed by atoms with Crippen molar-refractivity contribution in [1.82, 2.24) is 24.5 Å². The Balaban J connectivity index is 1.51. The SMILES string of the molecule is Cc1cccc(-c2nc3scc(CCNS(=O)(=O)c4c(C)noc4C)n3n2)c1. The summed E-state index contributed by atoms with van der Waals surface area (Å²) in [4.78, 5) is 5.46. The molecule has 3 aromatic heterocycles. The Kier molecular flexibility index (Phi) is 4.77. The summed E-state index contributed by atoms with van der Waals surface area (Å²) in [5.41, 5.74) is 3.35. The van der Waals surface area contributed by atoms with Crippen molar-refractivity contribution in [1.29, 1.82) is 0 Å². The van der Waals surface area contributed by atoms with Gasteiger partial charge in [0.15, 0.2) is 11.6 Å². The van der Waals surface area contributed by atoms with Crippen LogP contribution in [0.1, 0.15) is 22.7 Å². The molecule has 3 heterocycles. The van der Waals surface area contributed by atoms with Crippen LogP contribution in [0.2, 0.25) is 0 Å². The van der Waals surface area contributed by atoms with Crippen molar-refractivity contribution in [3.63, 3.8) is 0 Å². The van der Waals surface area contributed by atoms with Crippen LogP contribution in [-0.4, -0.2) is 34.7 Å². The summed E-state index contributed by atoms with van der Waals surface area (Å²) in [6.07, 6.45) is 0.485. The first-order valence-corrected chi connectivity index (χ1v) is 11.0. The lowest BCUT2D eigenvalue weighted by Crippen LogP contribution is -2.27. The van der Waals surface area contributed by atoms with Crippen molar-refractivity contribution in [2.45, 2.75) is 32.1 Å². The van der Waals surface area contributed by atoms with E-state index in [0.29, 0.717) is 17.9 Å². The van der Waals surface area contributed by atoms with Crippen LogP contribution in [0.15, 0.2) is 39.1 Å². The molecule has 0 atom stereocenters. The van der Waals surface area contributed by atoms with Gasteiger partial charge in [-0.1, -0.05) is 28.9 Å². The fourth-order valence-electron chi connectivity index (χ4n) is 3.05. The molecular weight excluding hydrogens is 398 g/mol. The second kappa shape index (κ2) is 7.12. The predicted octanol–water partition coefficient (Wildman–Crippen LogP) is 2.89. The van der Waals surface area contributed by atoms with Crippen LogP contribution >= 0.6 is 11.3 Å². The summed E-state index contributed by atoms with van der Waals surface area (Å²) in [5.74, 6) is 0.940. The molecule has 0 unspecified atom stereocenters. The Morgan fingerprint density at radius 1 is 1.25 bits per heavy atom. The minimum Gasteiger partial charge on any atom is -0.360 e. The standard InChI is InChI=1S/C18H19N5O3S2/c1-11-5-4-6-14(9-11)17-20-18-23(21-17)15(10-27-18)7-8-19-28(24,25)16-12(2)22-26-13(16)3/h4-6,9-10,19H,7-8H2,1-3H3. The Hall–Kier alpha value is -2.56. The molecule has 0 fully saturated rings. The van der Waals surface area contributed by atoms with Crippen molar-refractivity contribution in [2.24, 2.45) is 0 Å². The first-order valence-electron chi connectivity index (χ1n) is 8.68. The second-order valence-electron chi connectivity index (χ2n) is 6.53. The molecule has 0 saturated heterocycles. The molecule has 8 nitrogen and oxygen atoms in total. The average molecular weight is 418 g/mol. The number of sulfonamides is 1. The molecule has 1 aromatic carbocycles. The number of aromatic nitrogens is 4. The molecule has 0 radical (unpaired) electrons. The molecular formula is C18H19N5O3S2. The van der Waals surface area contributed by atoms with Crippen LogP contribution in [0.3, 0.4) is 0 Å². The molecule has 0 bridgehead atoms. The van der Waals surface area contributed by atoms with Gasteiger partial charge in [0, 0.05) is 23.9 Å². The third-order valence-corrected chi connectivity index (χ3v) is 6.91. The molecule has 28 heavy (non-hydrogen) atoms. The van der Waals surface area contributed by atoms with Crippen molar-refractivity contribution in [3.8, 4) is 11.4 Å². The smallest absolute Gasteiger partial charge is 0.245 e. The van der Waals surface area contributed by atoms with Gasteiger partial charge in [0.05, 0.1) is 5.69 Å². The van der Waals surface area contributed by atoms with Crippen LogP contribution in [0.5, 0.6) is 0 Å². The van der Waals surface area contributed by atoms with Crippen molar-refractivity contribution in [3.05, 3.63) is 52.4 Å². The molecule has 1 N–H and O–H groups in total. The monoisotopic (exact) mass is 417 g/mol. The van der Waals surface area contributed by atoms with Crippen molar-refractivity contribution in [2.75, 3.05) is 6.54 Å². The summed E-state index contributed by atoms with van der Waals surface area (Å²) in [5, 5.41) is 10.2. The number of thiazole rings is 1. The summed E-state index contributed by atoms with van der Waals surface area (Å²) in [7, 11) is -3.68. The first kappa shape index (κ1) is 18.8. The largest absolute Gasteiger partial charge is 0.360 e. The van der Waals surface area contributed by atoms with E-state index in [4.69, 9.17) is 4.52 Å². The summed E-state index contributed by atoms with van der Waals surface area (Å²) in [6.45, 7) is 5.45. The fraction of sp³-hybridized carbons (Fsp3) is 0.278. The van der Waals surface area contributed by atoms with Gasteiger partial charge in [-0.3, -0.25) is 0 Å². The fourth-order valence-corrected chi connectivity index (χ4v) is 5.26. The van der Waals surface area contributed by atoms with Gasteiger partial charge in [-0.25, -0.2) is 17.7 Å². The number of rotatable bonds is 6. The molecule has 0 spiro atoms. The van der Waals surface area contributed by atoms with E-state index in [9.17, 15) is 8.42 Å². The third kappa shape index (κ3) is 3.46. The summed E-state index contributed by atoms with van der Waals surface area (Å²) >= 11 is 1.48. The molecule has 4 rings (SSSR count). The predicted molar refractivity (Wildman–Crippen MR) is 106 cm³/mol. The highest BCUT2D eigenvalue weighted by Crippen LogP contribution is 2.22. The van der Waals surface area contributed by atoms with E-state index in [1.165, 1.54) is 11.3 Å². The number of fused-ring (bicyclic) bond motifs is 1. The Bertz CT molecular complexity index is 1230. The van der Waals surface area contributed by atoms with Gasteiger partial charge >= 0.3 is 0 Å². The number of benzene rings is 1. The average Bonchev–Trinajstić information content (AvgIpc) is 3.30. The zero-order valence-corrected chi connectivity index (χ0v) is 17.3. The topological polar surface area (TPSA) is 102 Å². The van der Waals surface area contributed by atoms with Gasteiger partial charge in [0.1, 0.15) is 10.6 Å². The summed E-state index contributed by atoms with van der Waals surface area (Å²) in [6, 6.07) is 8.02. The van der Waals surface area contributed by atoms with E-state index in [-0.39, 0.29) is 17.2 Å². The van der Waals surface area contributed by atoms with Crippen LogP contribution in [0.4, 0.5) is 0 Å². The van der Waals surface area contributed by atoms with Crippen LogP contribution in [-0.2, 0) is 16.4 Å². The Labute approximate surface area is 166 Å². The maximum absolute atomic E-state index is 12.5. The van der Waals surface area contributed by atoms with Gasteiger partial charge in [0.2, 0.25) is 15.0 Å². The number of hydrogen-bond donors (Lipinski definition) is 1. The summed E-state index contributed by atoms with van der Waals surface area (Å²) < 4.78 is 34.3. The molecule has 4 aromatic rings. The minimum absolute atomic E-state index is 0.102. The molecule has 0 aliphatic carbocycles. The number of hydrogen-bond acceptors (Lipinski definition) is 7. The van der Waals surface area contributed by atoms with Crippen LogP contribution in [0.25, 0.3) is 16.3 Å². The lowest BCUT2D eigenvalue weighted by molar-refractivity contribution is 0.390. The van der Waals surface area contributed by atoms with E-state index in [0.717, 1.165) is 21.8 Å². The van der Waals surface area contributed by atoms with Crippen LogP contribution < -0.4 is 4.72 Å². The van der Waals surface area contributed by atoms with Gasteiger partial charge in [-0.2, -0.15) is 4.98 Å². The number of nitrogens with one attached hydrogen (secondary N) is 1. The van der Waals surface area contributed by atoms with Crippen molar-refractivity contribution >= 4 is 26.3 Å². The van der Waals surface area contributed by atoms with Gasteiger partial charge in [0.25, 0.3) is 0 Å². The molecule has 0 saturated carbocycles. The Morgan fingerprint density at radius 3 is 2.79 bits per heavy atom.